The summed E-state index contributed by atoms with van der Waals surface area (Å²) in [5, 5.41) is 12.3. The zero-order valence-corrected chi connectivity index (χ0v) is 10.8. The van der Waals surface area contributed by atoms with Gasteiger partial charge in [-0.3, -0.25) is 0 Å². The number of benzene rings is 1. The Kier molecular flexibility index (Phi) is 5.29. The van der Waals surface area contributed by atoms with Gasteiger partial charge in [0.05, 0.1) is 0 Å². The molecule has 15 heavy (non-hydrogen) atoms. The van der Waals surface area contributed by atoms with Crippen LogP contribution >= 0.6 is 15.9 Å². The summed E-state index contributed by atoms with van der Waals surface area (Å²) in [6, 6.07) is 8.49. The molecule has 1 aromatic carbocycles. The van der Waals surface area contributed by atoms with E-state index in [-0.39, 0.29) is 6.61 Å². The molecule has 2 nitrogen and oxygen atoms in total. The smallest absolute Gasteiger partial charge is 0.0468 e. The van der Waals surface area contributed by atoms with Crippen molar-refractivity contribution in [3.8, 4) is 0 Å². The molecule has 3 heteroatoms. The number of aliphatic hydroxyl groups is 1. The number of hydrogen-bond acceptors (Lipinski definition) is 2. The molecule has 0 aliphatic rings. The van der Waals surface area contributed by atoms with Gasteiger partial charge < -0.3 is 10.4 Å². The van der Waals surface area contributed by atoms with Crippen molar-refractivity contribution in [2.75, 3.05) is 13.2 Å². The second-order valence-corrected chi connectivity index (χ2v) is 4.79. The van der Waals surface area contributed by atoms with Gasteiger partial charge in [-0.05, 0) is 24.5 Å². The fraction of sp³-hybridized carbons (Fsp3) is 0.500. The molecule has 0 heterocycles. The molecule has 1 aromatic rings. The van der Waals surface area contributed by atoms with Crippen LogP contribution in [0.4, 0.5) is 0 Å². The third-order valence-electron chi connectivity index (χ3n) is 2.46. The van der Waals surface area contributed by atoms with Crippen LogP contribution in [-0.4, -0.2) is 18.3 Å². The molecule has 0 spiro atoms. The van der Waals surface area contributed by atoms with Gasteiger partial charge in [-0.1, -0.05) is 41.1 Å². The van der Waals surface area contributed by atoms with E-state index in [1.807, 2.05) is 25.1 Å². The highest BCUT2D eigenvalue weighted by molar-refractivity contribution is 9.10. The molecular weight excluding hydrogens is 254 g/mol. The minimum Gasteiger partial charge on any atom is -0.396 e. The lowest BCUT2D eigenvalue weighted by Crippen LogP contribution is -2.26. The van der Waals surface area contributed by atoms with Crippen molar-refractivity contribution >= 4 is 15.9 Å². The van der Waals surface area contributed by atoms with Gasteiger partial charge in [0.1, 0.15) is 0 Å². The van der Waals surface area contributed by atoms with E-state index < -0.39 is 0 Å². The van der Waals surface area contributed by atoms with Crippen molar-refractivity contribution in [3.05, 3.63) is 34.3 Å². The fourth-order valence-electron chi connectivity index (χ4n) is 1.38. The third kappa shape index (κ3) is 3.93. The first-order valence-electron chi connectivity index (χ1n) is 5.23. The maximum absolute atomic E-state index is 8.92. The van der Waals surface area contributed by atoms with Gasteiger partial charge in [0.15, 0.2) is 0 Å². The maximum Gasteiger partial charge on any atom is 0.0468 e. The Balaban J connectivity index is 2.54. The van der Waals surface area contributed by atoms with Gasteiger partial charge in [0.25, 0.3) is 0 Å². The summed E-state index contributed by atoms with van der Waals surface area (Å²) in [6.45, 7) is 5.22. The molecule has 0 saturated carbocycles. The minimum absolute atomic E-state index is 0.232. The van der Waals surface area contributed by atoms with Gasteiger partial charge in [0.2, 0.25) is 0 Å². The number of halogens is 1. The predicted octanol–water partition coefficient (Wildman–Crippen LogP) is 2.73. The highest BCUT2D eigenvalue weighted by Gasteiger charge is 2.09. The van der Waals surface area contributed by atoms with E-state index in [1.165, 1.54) is 5.56 Å². The lowest BCUT2D eigenvalue weighted by molar-refractivity contribution is 0.231. The molecule has 2 atom stereocenters. The van der Waals surface area contributed by atoms with Gasteiger partial charge in [-0.25, -0.2) is 0 Å². The fourth-order valence-corrected chi connectivity index (χ4v) is 2.01. The predicted molar refractivity (Wildman–Crippen MR) is 66.8 cm³/mol. The second kappa shape index (κ2) is 6.26. The lowest BCUT2D eigenvalue weighted by Gasteiger charge is -2.17. The van der Waals surface area contributed by atoms with Crippen molar-refractivity contribution in [1.29, 1.82) is 0 Å². The van der Waals surface area contributed by atoms with Crippen LogP contribution in [0.2, 0.25) is 0 Å². The number of nitrogens with one attached hydrogen (secondary N) is 1. The van der Waals surface area contributed by atoms with Crippen molar-refractivity contribution < 1.29 is 5.11 Å². The van der Waals surface area contributed by atoms with E-state index in [4.69, 9.17) is 5.11 Å². The highest BCUT2D eigenvalue weighted by Crippen LogP contribution is 2.22. The van der Waals surface area contributed by atoms with Crippen molar-refractivity contribution in [2.24, 2.45) is 5.92 Å². The highest BCUT2D eigenvalue weighted by atomic mass is 79.9. The Morgan fingerprint density at radius 1 is 1.33 bits per heavy atom. The van der Waals surface area contributed by atoms with Gasteiger partial charge in [0, 0.05) is 23.7 Å². The molecule has 0 bridgehead atoms. The first-order chi connectivity index (χ1) is 7.15. The summed E-state index contributed by atoms with van der Waals surface area (Å²) in [6.07, 6.45) is 0. The molecular formula is C12H18BrNO. The van der Waals surface area contributed by atoms with E-state index in [1.54, 1.807) is 0 Å². The quantitative estimate of drug-likeness (QED) is 0.863. The molecule has 1 unspecified atom stereocenters. The summed E-state index contributed by atoms with van der Waals surface area (Å²) in [5.41, 5.74) is 1.25. The first-order valence-corrected chi connectivity index (χ1v) is 6.03. The first kappa shape index (κ1) is 12.7. The van der Waals surface area contributed by atoms with Crippen molar-refractivity contribution in [3.63, 3.8) is 0 Å². The van der Waals surface area contributed by atoms with Crippen LogP contribution < -0.4 is 5.32 Å². The van der Waals surface area contributed by atoms with Gasteiger partial charge in [-0.15, -0.1) is 0 Å². The average molecular weight is 272 g/mol. The van der Waals surface area contributed by atoms with E-state index >= 15 is 0 Å². The maximum atomic E-state index is 8.92. The molecule has 0 radical (unpaired) electrons. The normalized spacial score (nSPS) is 14.9. The summed E-state index contributed by atoms with van der Waals surface area (Å²) < 4.78 is 1.13. The Morgan fingerprint density at radius 2 is 2.00 bits per heavy atom. The Bertz CT molecular complexity index is 303. The lowest BCUT2D eigenvalue weighted by atomic mass is 10.1. The summed E-state index contributed by atoms with van der Waals surface area (Å²) in [5.74, 6) is 0.301. The molecule has 0 aliphatic carbocycles. The zero-order valence-electron chi connectivity index (χ0n) is 9.20. The molecule has 2 N–H and O–H groups in total. The van der Waals surface area contributed by atoms with Crippen molar-refractivity contribution in [2.45, 2.75) is 19.9 Å². The topological polar surface area (TPSA) is 32.3 Å². The number of rotatable bonds is 5. The van der Waals surface area contributed by atoms with Crippen LogP contribution in [0.3, 0.4) is 0 Å². The van der Waals surface area contributed by atoms with E-state index in [9.17, 15) is 0 Å². The number of hydrogen-bond donors (Lipinski definition) is 2. The SMILES string of the molecule is CC(CO)CN[C@@H](C)c1ccccc1Br. The van der Waals surface area contributed by atoms with Crippen LogP contribution in [0, 0.1) is 5.92 Å². The molecule has 0 amide bonds. The molecule has 84 valence electrons. The van der Waals surface area contributed by atoms with Gasteiger partial charge in [-0.2, -0.15) is 0 Å². The van der Waals surface area contributed by atoms with E-state index in [2.05, 4.69) is 34.2 Å². The van der Waals surface area contributed by atoms with Crippen LogP contribution in [0.1, 0.15) is 25.5 Å². The molecule has 0 aromatic heterocycles. The van der Waals surface area contributed by atoms with Crippen LogP contribution in [-0.2, 0) is 0 Å². The molecule has 0 aliphatic heterocycles. The minimum atomic E-state index is 0.232. The average Bonchev–Trinajstić information content (AvgIpc) is 2.26. The third-order valence-corrected chi connectivity index (χ3v) is 3.18. The second-order valence-electron chi connectivity index (χ2n) is 3.94. The Labute approximate surface area is 99.8 Å². The van der Waals surface area contributed by atoms with E-state index in [0.29, 0.717) is 12.0 Å². The summed E-state index contributed by atoms with van der Waals surface area (Å²) >= 11 is 3.53. The van der Waals surface area contributed by atoms with Crippen LogP contribution in [0.15, 0.2) is 28.7 Å². The number of aliphatic hydroxyl groups excluding tert-OH is 1. The molecule has 1 rings (SSSR count). The van der Waals surface area contributed by atoms with E-state index in [0.717, 1.165) is 11.0 Å². The standard InChI is InChI=1S/C12H18BrNO/c1-9(8-15)7-14-10(2)11-5-3-4-6-12(11)13/h3-6,9-10,14-15H,7-8H2,1-2H3/t9?,10-/m0/s1. The van der Waals surface area contributed by atoms with Gasteiger partial charge >= 0.3 is 0 Å². The monoisotopic (exact) mass is 271 g/mol. The summed E-state index contributed by atoms with van der Waals surface area (Å²) in [4.78, 5) is 0. The van der Waals surface area contributed by atoms with Crippen LogP contribution in [0.5, 0.6) is 0 Å². The Morgan fingerprint density at radius 3 is 2.60 bits per heavy atom. The molecule has 0 fully saturated rings. The zero-order chi connectivity index (χ0) is 11.3. The Hall–Kier alpha value is -0.380. The largest absolute Gasteiger partial charge is 0.396 e. The van der Waals surface area contributed by atoms with Crippen LogP contribution in [0.25, 0.3) is 0 Å². The summed E-state index contributed by atoms with van der Waals surface area (Å²) in [7, 11) is 0. The molecule has 0 saturated heterocycles. The van der Waals surface area contributed by atoms with Crippen molar-refractivity contribution in [1.82, 2.24) is 5.32 Å².